The molecule has 0 spiro atoms. The minimum atomic E-state index is -0.434. The van der Waals surface area contributed by atoms with E-state index in [0.29, 0.717) is 10.8 Å². The van der Waals surface area contributed by atoms with Gasteiger partial charge in [0.1, 0.15) is 11.8 Å². The Morgan fingerprint density at radius 2 is 2.27 bits per heavy atom. The summed E-state index contributed by atoms with van der Waals surface area (Å²) in [7, 11) is 1.53. The molecule has 5 heteroatoms. The normalized spacial score (nSPS) is 11.9. The number of benzene rings is 1. The second-order valence-electron chi connectivity index (χ2n) is 3.12. The zero-order valence-electron chi connectivity index (χ0n) is 8.58. The topological polar surface area (TPSA) is 64.3 Å². The molecule has 0 saturated heterocycles. The number of carbonyl (C=O) groups is 1. The van der Waals surface area contributed by atoms with E-state index in [0.717, 1.165) is 5.69 Å². The van der Waals surface area contributed by atoms with E-state index in [-0.39, 0.29) is 0 Å². The highest BCUT2D eigenvalue weighted by molar-refractivity contribution is 6.32. The fraction of sp³-hybridized carbons (Fsp3) is 0.300. The van der Waals surface area contributed by atoms with Gasteiger partial charge in [-0.15, -0.1) is 0 Å². The summed E-state index contributed by atoms with van der Waals surface area (Å²) >= 11 is 5.85. The lowest BCUT2D eigenvalue weighted by molar-refractivity contribution is -0.118. The number of nitrogens with one attached hydrogen (secondary N) is 1. The summed E-state index contributed by atoms with van der Waals surface area (Å²) in [6.45, 7) is 1.68. The summed E-state index contributed by atoms with van der Waals surface area (Å²) in [5.41, 5.74) is 5.86. The molecule has 0 aromatic heterocycles. The highest BCUT2D eigenvalue weighted by atomic mass is 35.5. The van der Waals surface area contributed by atoms with Crippen molar-refractivity contribution in [3.63, 3.8) is 0 Å². The molecule has 1 unspecified atom stereocenters. The Hall–Kier alpha value is -1.42. The van der Waals surface area contributed by atoms with Crippen LogP contribution < -0.4 is 15.8 Å². The Morgan fingerprint density at radius 3 is 2.80 bits per heavy atom. The highest BCUT2D eigenvalue weighted by Gasteiger charge is 2.09. The fourth-order valence-electron chi connectivity index (χ4n) is 1.07. The maximum atomic E-state index is 10.8. The SMILES string of the molecule is COc1cc(NC(C)C(N)=O)ccc1Cl. The lowest BCUT2D eigenvalue weighted by Gasteiger charge is -2.12. The van der Waals surface area contributed by atoms with Crippen LogP contribution in [0.4, 0.5) is 5.69 Å². The van der Waals surface area contributed by atoms with Crippen molar-refractivity contribution in [2.24, 2.45) is 5.73 Å². The van der Waals surface area contributed by atoms with Crippen molar-refractivity contribution in [2.45, 2.75) is 13.0 Å². The summed E-state index contributed by atoms with van der Waals surface area (Å²) in [5.74, 6) is 0.141. The number of nitrogens with two attached hydrogens (primary N) is 1. The van der Waals surface area contributed by atoms with Gasteiger partial charge in [-0.25, -0.2) is 0 Å². The van der Waals surface area contributed by atoms with Crippen molar-refractivity contribution in [3.8, 4) is 5.75 Å². The van der Waals surface area contributed by atoms with E-state index >= 15 is 0 Å². The number of halogens is 1. The summed E-state index contributed by atoms with van der Waals surface area (Å²) in [6.07, 6.45) is 0. The van der Waals surface area contributed by atoms with E-state index in [1.807, 2.05) is 0 Å². The largest absolute Gasteiger partial charge is 0.495 e. The summed E-state index contributed by atoms with van der Waals surface area (Å²) in [6, 6.07) is 4.72. The highest BCUT2D eigenvalue weighted by Crippen LogP contribution is 2.27. The molecule has 82 valence electrons. The van der Waals surface area contributed by atoms with Crippen molar-refractivity contribution in [1.29, 1.82) is 0 Å². The van der Waals surface area contributed by atoms with Crippen LogP contribution >= 0.6 is 11.6 Å². The molecule has 0 aliphatic carbocycles. The van der Waals surface area contributed by atoms with Crippen LogP contribution in [0.5, 0.6) is 5.75 Å². The first-order valence-electron chi connectivity index (χ1n) is 4.44. The first-order valence-corrected chi connectivity index (χ1v) is 4.81. The molecule has 0 aliphatic heterocycles. The molecule has 1 aromatic carbocycles. The van der Waals surface area contributed by atoms with Crippen LogP contribution in [0.25, 0.3) is 0 Å². The van der Waals surface area contributed by atoms with Gasteiger partial charge in [0.2, 0.25) is 5.91 Å². The van der Waals surface area contributed by atoms with Crippen LogP contribution in [-0.4, -0.2) is 19.1 Å². The lowest BCUT2D eigenvalue weighted by Crippen LogP contribution is -2.32. The molecule has 1 atom stereocenters. The molecule has 3 N–H and O–H groups in total. The van der Waals surface area contributed by atoms with Gasteiger partial charge in [-0.3, -0.25) is 4.79 Å². The molecular formula is C10H13ClN2O2. The molecule has 0 saturated carbocycles. The molecule has 0 fully saturated rings. The Labute approximate surface area is 93.4 Å². The van der Waals surface area contributed by atoms with Crippen LogP contribution in [-0.2, 0) is 4.79 Å². The predicted octanol–water partition coefficient (Wildman–Crippen LogP) is 1.63. The van der Waals surface area contributed by atoms with Crippen molar-refractivity contribution in [2.75, 3.05) is 12.4 Å². The van der Waals surface area contributed by atoms with Gasteiger partial charge in [0, 0.05) is 11.8 Å². The third-order valence-corrected chi connectivity index (χ3v) is 2.27. The number of hydrogen-bond donors (Lipinski definition) is 2. The average Bonchev–Trinajstić information content (AvgIpc) is 2.20. The Bertz CT molecular complexity index is 368. The van der Waals surface area contributed by atoms with Crippen LogP contribution in [0.2, 0.25) is 5.02 Å². The van der Waals surface area contributed by atoms with Gasteiger partial charge in [-0.05, 0) is 19.1 Å². The van der Waals surface area contributed by atoms with Gasteiger partial charge in [0.25, 0.3) is 0 Å². The third kappa shape index (κ3) is 3.02. The number of ether oxygens (including phenoxy) is 1. The van der Waals surface area contributed by atoms with Crippen LogP contribution in [0, 0.1) is 0 Å². The van der Waals surface area contributed by atoms with Gasteiger partial charge >= 0.3 is 0 Å². The average molecular weight is 229 g/mol. The number of anilines is 1. The smallest absolute Gasteiger partial charge is 0.239 e. The van der Waals surface area contributed by atoms with Gasteiger partial charge in [0.15, 0.2) is 0 Å². The zero-order valence-corrected chi connectivity index (χ0v) is 9.34. The second-order valence-corrected chi connectivity index (χ2v) is 3.52. The van der Waals surface area contributed by atoms with Crippen molar-refractivity contribution in [3.05, 3.63) is 23.2 Å². The van der Waals surface area contributed by atoms with Crippen LogP contribution in [0.3, 0.4) is 0 Å². The minimum Gasteiger partial charge on any atom is -0.495 e. The van der Waals surface area contributed by atoms with E-state index in [9.17, 15) is 4.79 Å². The van der Waals surface area contributed by atoms with E-state index in [1.165, 1.54) is 7.11 Å². The third-order valence-electron chi connectivity index (χ3n) is 1.96. The number of carbonyl (C=O) groups excluding carboxylic acids is 1. The van der Waals surface area contributed by atoms with Crippen molar-refractivity contribution in [1.82, 2.24) is 0 Å². The molecule has 1 amide bonds. The lowest BCUT2D eigenvalue weighted by atomic mass is 10.2. The number of amides is 1. The first kappa shape index (κ1) is 11.7. The van der Waals surface area contributed by atoms with Crippen LogP contribution in [0.15, 0.2) is 18.2 Å². The molecule has 0 radical (unpaired) electrons. The minimum absolute atomic E-state index is 0.413. The number of hydrogen-bond acceptors (Lipinski definition) is 3. The molecular weight excluding hydrogens is 216 g/mol. The van der Waals surface area contributed by atoms with E-state index in [1.54, 1.807) is 25.1 Å². The van der Waals surface area contributed by atoms with E-state index in [2.05, 4.69) is 5.32 Å². The maximum Gasteiger partial charge on any atom is 0.239 e. The molecule has 4 nitrogen and oxygen atoms in total. The monoisotopic (exact) mass is 228 g/mol. The quantitative estimate of drug-likeness (QED) is 0.824. The summed E-state index contributed by atoms with van der Waals surface area (Å²) in [5, 5.41) is 3.45. The number of rotatable bonds is 4. The van der Waals surface area contributed by atoms with Crippen molar-refractivity contribution >= 4 is 23.2 Å². The first-order chi connectivity index (χ1) is 7.04. The zero-order chi connectivity index (χ0) is 11.4. The van der Waals surface area contributed by atoms with Gasteiger partial charge < -0.3 is 15.8 Å². The second kappa shape index (κ2) is 4.89. The van der Waals surface area contributed by atoms with Gasteiger partial charge in [0.05, 0.1) is 12.1 Å². The van der Waals surface area contributed by atoms with E-state index in [4.69, 9.17) is 22.1 Å². The van der Waals surface area contributed by atoms with Gasteiger partial charge in [-0.2, -0.15) is 0 Å². The number of methoxy groups -OCH3 is 1. The summed E-state index contributed by atoms with van der Waals surface area (Å²) < 4.78 is 5.04. The Morgan fingerprint density at radius 1 is 1.60 bits per heavy atom. The molecule has 1 aromatic rings. The molecule has 1 rings (SSSR count). The Balaban J connectivity index is 2.83. The van der Waals surface area contributed by atoms with E-state index < -0.39 is 11.9 Å². The number of primary amides is 1. The Kier molecular flexibility index (Phi) is 3.80. The van der Waals surface area contributed by atoms with Crippen LogP contribution in [0.1, 0.15) is 6.92 Å². The van der Waals surface area contributed by atoms with Gasteiger partial charge in [-0.1, -0.05) is 11.6 Å². The molecule has 0 bridgehead atoms. The molecule has 15 heavy (non-hydrogen) atoms. The fourth-order valence-corrected chi connectivity index (χ4v) is 1.27. The standard InChI is InChI=1S/C10H13ClN2O2/c1-6(10(12)14)13-7-3-4-8(11)9(5-7)15-2/h3-6,13H,1-2H3,(H2,12,14). The maximum absolute atomic E-state index is 10.8. The molecule has 0 heterocycles. The predicted molar refractivity (Wildman–Crippen MR) is 60.3 cm³/mol. The summed E-state index contributed by atoms with van der Waals surface area (Å²) in [4.78, 5) is 10.8. The van der Waals surface area contributed by atoms with Crippen molar-refractivity contribution < 1.29 is 9.53 Å². The molecule has 0 aliphatic rings.